The maximum Gasteiger partial charge on any atom is 0.278 e. The Bertz CT molecular complexity index is 2040. The number of nitro benzene ring substituents is 2. The molecule has 42 heavy (non-hydrogen) atoms. The summed E-state index contributed by atoms with van der Waals surface area (Å²) in [6.07, 6.45) is 0. The van der Waals surface area contributed by atoms with E-state index in [1.54, 1.807) is 27.7 Å². The van der Waals surface area contributed by atoms with Gasteiger partial charge in [-0.15, -0.1) is 0 Å². The van der Waals surface area contributed by atoms with E-state index in [0.717, 1.165) is 21.9 Å². The summed E-state index contributed by atoms with van der Waals surface area (Å²) in [5.41, 5.74) is -0.701. The zero-order valence-corrected chi connectivity index (χ0v) is 22.7. The van der Waals surface area contributed by atoms with Gasteiger partial charge in [-0.1, -0.05) is 12.1 Å². The number of benzene rings is 5. The minimum atomic E-state index is -0.704. The molecule has 0 fully saturated rings. The van der Waals surface area contributed by atoms with Crippen molar-refractivity contribution in [3.05, 3.63) is 78.9 Å². The van der Waals surface area contributed by atoms with Gasteiger partial charge in [0.25, 0.3) is 35.0 Å². The molecule has 0 N–H and O–H groups in total. The van der Waals surface area contributed by atoms with E-state index in [0.29, 0.717) is 0 Å². The SMILES string of the molecule is CC(C)N1C(=O)c2ccc3c4c([N+](=O)[O-])cc5c6c(ccc(c7c([N+](=O)[O-])cc(c2c37)C1=O)c64)C(=O)N(C(C)C)C5=O. The molecule has 0 saturated heterocycles. The Kier molecular flexibility index (Phi) is 4.87. The highest BCUT2D eigenvalue weighted by Crippen LogP contribution is 2.51. The van der Waals surface area contributed by atoms with E-state index < -0.39 is 56.9 Å². The van der Waals surface area contributed by atoms with Crippen LogP contribution in [0.5, 0.6) is 0 Å². The molecule has 0 radical (unpaired) electrons. The van der Waals surface area contributed by atoms with Crippen LogP contribution in [-0.2, 0) is 0 Å². The molecule has 5 aromatic carbocycles. The Hall–Kier alpha value is -5.52. The first-order valence-electron chi connectivity index (χ1n) is 13.2. The van der Waals surface area contributed by atoms with Crippen LogP contribution < -0.4 is 0 Å². The van der Waals surface area contributed by atoms with Crippen molar-refractivity contribution in [1.82, 2.24) is 9.80 Å². The molecule has 2 aliphatic rings. The highest BCUT2D eigenvalue weighted by atomic mass is 16.6. The van der Waals surface area contributed by atoms with Gasteiger partial charge < -0.3 is 0 Å². The van der Waals surface area contributed by atoms with Crippen LogP contribution in [0.25, 0.3) is 43.1 Å². The molecule has 7 rings (SSSR count). The van der Waals surface area contributed by atoms with Crippen LogP contribution in [0, 0.1) is 20.2 Å². The van der Waals surface area contributed by atoms with Crippen LogP contribution in [0.4, 0.5) is 11.4 Å². The summed E-state index contributed by atoms with van der Waals surface area (Å²) in [5, 5.41) is 26.3. The second-order valence-corrected chi connectivity index (χ2v) is 11.1. The standard InChI is InChI=1S/C30H20N4O8/c1-11(2)31-27(35)15-7-5-13-24-20(34(41)42)10-18-22-16(28(36)32(12(3)4)30(18)38)8-6-14(26(22)24)23-19(33(39)40)9-17(29(31)37)21(15)25(13)23/h5-12H,1-4H3. The monoisotopic (exact) mass is 564 g/mol. The van der Waals surface area contributed by atoms with Crippen molar-refractivity contribution in [3.63, 3.8) is 0 Å². The Morgan fingerprint density at radius 3 is 1.17 bits per heavy atom. The Morgan fingerprint density at radius 2 is 0.857 bits per heavy atom. The molecule has 0 aliphatic carbocycles. The highest BCUT2D eigenvalue weighted by Gasteiger charge is 2.41. The Labute approximate surface area is 235 Å². The first-order chi connectivity index (χ1) is 19.9. The van der Waals surface area contributed by atoms with Gasteiger partial charge in [0.2, 0.25) is 0 Å². The summed E-state index contributed by atoms with van der Waals surface area (Å²) >= 11 is 0. The summed E-state index contributed by atoms with van der Waals surface area (Å²) in [6.45, 7) is 6.61. The first kappa shape index (κ1) is 25.4. The summed E-state index contributed by atoms with van der Waals surface area (Å²) in [5.74, 6) is -2.57. The lowest BCUT2D eigenvalue weighted by molar-refractivity contribution is -0.383. The molecule has 12 heteroatoms. The van der Waals surface area contributed by atoms with Gasteiger partial charge in [-0.3, -0.25) is 49.2 Å². The molecule has 4 amide bonds. The van der Waals surface area contributed by atoms with Crippen molar-refractivity contribution >= 4 is 78.1 Å². The van der Waals surface area contributed by atoms with E-state index in [1.807, 2.05) is 0 Å². The molecule has 5 aromatic rings. The van der Waals surface area contributed by atoms with Gasteiger partial charge in [0.05, 0.1) is 31.7 Å². The molecule has 2 heterocycles. The molecule has 208 valence electrons. The van der Waals surface area contributed by atoms with Crippen molar-refractivity contribution in [2.75, 3.05) is 0 Å². The topological polar surface area (TPSA) is 161 Å². The van der Waals surface area contributed by atoms with Crippen LogP contribution in [0.15, 0.2) is 36.4 Å². The largest absolute Gasteiger partial charge is 0.278 e. The quantitative estimate of drug-likeness (QED) is 0.0901. The molecule has 0 bridgehead atoms. The minimum absolute atomic E-state index is 0.0553. The molecule has 12 nitrogen and oxygen atoms in total. The van der Waals surface area contributed by atoms with Crippen molar-refractivity contribution < 1.29 is 29.0 Å². The summed E-state index contributed by atoms with van der Waals surface area (Å²) in [7, 11) is 0. The highest BCUT2D eigenvalue weighted by molar-refractivity contribution is 6.43. The first-order valence-corrected chi connectivity index (χ1v) is 13.2. The predicted molar refractivity (Wildman–Crippen MR) is 152 cm³/mol. The number of nitro groups is 2. The molecular formula is C30H20N4O8. The number of imide groups is 2. The van der Waals surface area contributed by atoms with E-state index in [2.05, 4.69) is 0 Å². The Balaban J connectivity index is 1.79. The second-order valence-electron chi connectivity index (χ2n) is 11.1. The van der Waals surface area contributed by atoms with Gasteiger partial charge in [-0.25, -0.2) is 0 Å². The van der Waals surface area contributed by atoms with Crippen LogP contribution >= 0.6 is 0 Å². The average molecular weight is 565 g/mol. The van der Waals surface area contributed by atoms with Crippen molar-refractivity contribution in [3.8, 4) is 0 Å². The van der Waals surface area contributed by atoms with Gasteiger partial charge in [0.15, 0.2) is 0 Å². The predicted octanol–water partition coefficient (Wildman–Crippen LogP) is 5.56. The van der Waals surface area contributed by atoms with E-state index >= 15 is 0 Å². The van der Waals surface area contributed by atoms with Crippen molar-refractivity contribution in [2.45, 2.75) is 39.8 Å². The third kappa shape index (κ3) is 2.85. The number of rotatable bonds is 4. The average Bonchev–Trinajstić information content (AvgIpc) is 2.92. The Morgan fingerprint density at radius 1 is 0.524 bits per heavy atom. The van der Waals surface area contributed by atoms with Crippen LogP contribution in [-0.4, -0.2) is 55.4 Å². The van der Waals surface area contributed by atoms with Gasteiger partial charge in [-0.2, -0.15) is 0 Å². The summed E-state index contributed by atoms with van der Waals surface area (Å²) < 4.78 is 0. The lowest BCUT2D eigenvalue weighted by Gasteiger charge is -2.32. The lowest BCUT2D eigenvalue weighted by Crippen LogP contribution is -2.44. The minimum Gasteiger partial charge on any atom is -0.272 e. The number of fused-ring (bicyclic) bond motifs is 2. The summed E-state index contributed by atoms with van der Waals surface area (Å²) in [6, 6.07) is 7.10. The maximum absolute atomic E-state index is 13.6. The zero-order chi connectivity index (χ0) is 30.1. The van der Waals surface area contributed by atoms with Crippen LogP contribution in [0.3, 0.4) is 0 Å². The number of hydrogen-bond donors (Lipinski definition) is 0. The van der Waals surface area contributed by atoms with Gasteiger partial charge in [-0.05, 0) is 50.6 Å². The van der Waals surface area contributed by atoms with Gasteiger partial charge in [0, 0.05) is 56.9 Å². The second kappa shape index (κ2) is 8.03. The fraction of sp³-hybridized carbons (Fsp3) is 0.200. The lowest BCUT2D eigenvalue weighted by atomic mass is 9.81. The number of carbonyl (C=O) groups excluding carboxylic acids is 4. The zero-order valence-electron chi connectivity index (χ0n) is 22.7. The number of non-ortho nitro benzene ring substituents is 2. The number of nitrogens with zero attached hydrogens (tertiary/aromatic N) is 4. The van der Waals surface area contributed by atoms with E-state index in [1.165, 1.54) is 24.3 Å². The van der Waals surface area contributed by atoms with Gasteiger partial charge in [0.1, 0.15) is 0 Å². The van der Waals surface area contributed by atoms with E-state index in [9.17, 15) is 39.4 Å². The molecule has 0 unspecified atom stereocenters. The van der Waals surface area contributed by atoms with E-state index in [-0.39, 0.29) is 65.3 Å². The molecule has 0 spiro atoms. The van der Waals surface area contributed by atoms with Gasteiger partial charge >= 0.3 is 0 Å². The number of carbonyl (C=O) groups is 4. The normalized spacial score (nSPS) is 15.1. The third-order valence-corrected chi connectivity index (χ3v) is 8.29. The third-order valence-electron chi connectivity index (χ3n) is 8.29. The molecule has 0 saturated carbocycles. The fourth-order valence-corrected chi connectivity index (χ4v) is 6.69. The van der Waals surface area contributed by atoms with Crippen LogP contribution in [0.2, 0.25) is 0 Å². The number of hydrogen-bond acceptors (Lipinski definition) is 8. The smallest absolute Gasteiger partial charge is 0.272 e. The fourth-order valence-electron chi connectivity index (χ4n) is 6.69. The summed E-state index contributed by atoms with van der Waals surface area (Å²) in [4.78, 5) is 80.0. The molecule has 2 aliphatic heterocycles. The van der Waals surface area contributed by atoms with Crippen LogP contribution in [0.1, 0.15) is 69.1 Å². The van der Waals surface area contributed by atoms with Crippen molar-refractivity contribution in [2.24, 2.45) is 0 Å². The van der Waals surface area contributed by atoms with Crippen molar-refractivity contribution in [1.29, 1.82) is 0 Å². The molecular weight excluding hydrogens is 544 g/mol. The number of amides is 4. The molecule has 0 aromatic heterocycles. The maximum atomic E-state index is 13.6. The molecule has 0 atom stereocenters. The van der Waals surface area contributed by atoms with E-state index in [4.69, 9.17) is 0 Å².